The Morgan fingerprint density at radius 2 is 1.64 bits per heavy atom. The first-order valence-corrected chi connectivity index (χ1v) is 9.34. The van der Waals surface area contributed by atoms with Gasteiger partial charge in [-0.25, -0.2) is 0 Å². The number of aliphatic hydroxyl groups is 1. The third kappa shape index (κ3) is 9.14. The summed E-state index contributed by atoms with van der Waals surface area (Å²) in [5.74, 6) is 0. The molecule has 0 spiro atoms. The van der Waals surface area contributed by atoms with Crippen LogP contribution in [0.2, 0.25) is 0 Å². The third-order valence-corrected chi connectivity index (χ3v) is 4.29. The fourth-order valence-electron chi connectivity index (χ4n) is 2.90. The largest absolute Gasteiger partial charge is 0.395 e. The van der Waals surface area contributed by atoms with Gasteiger partial charge in [-0.15, -0.1) is 0 Å². The van der Waals surface area contributed by atoms with E-state index in [0.717, 1.165) is 0 Å². The molecule has 1 aliphatic heterocycles. The summed E-state index contributed by atoms with van der Waals surface area (Å²) >= 11 is 0. The molecule has 0 aromatic rings. The van der Waals surface area contributed by atoms with Gasteiger partial charge in [-0.1, -0.05) is 70.8 Å². The van der Waals surface area contributed by atoms with Crippen molar-refractivity contribution in [2.75, 3.05) is 13.2 Å². The van der Waals surface area contributed by atoms with Crippen LogP contribution in [0.1, 0.15) is 77.6 Å². The first-order valence-electron chi connectivity index (χ1n) is 9.34. The van der Waals surface area contributed by atoms with Gasteiger partial charge in [-0.2, -0.15) is 0 Å². The smallest absolute Gasteiger partial charge is 0.118 e. The van der Waals surface area contributed by atoms with E-state index in [1.165, 1.54) is 70.6 Å². The Morgan fingerprint density at radius 3 is 2.27 bits per heavy atom. The highest BCUT2D eigenvalue weighted by molar-refractivity contribution is 5.04. The molecule has 1 atom stereocenters. The number of β-amino-alcohol motifs (C(OH)–C–C–N with tert-alkyl or cyclic N) is 1. The van der Waals surface area contributed by atoms with Gasteiger partial charge in [0.2, 0.25) is 0 Å². The second-order valence-corrected chi connectivity index (χ2v) is 6.29. The molecule has 3 nitrogen and oxygen atoms in total. The molecule has 0 radical (unpaired) electrons. The van der Waals surface area contributed by atoms with Crippen molar-refractivity contribution in [1.29, 1.82) is 0 Å². The molecule has 0 aliphatic carbocycles. The fourth-order valence-corrected chi connectivity index (χ4v) is 2.90. The summed E-state index contributed by atoms with van der Waals surface area (Å²) in [6.45, 7) is 3.17. The van der Waals surface area contributed by atoms with Crippen LogP contribution in [-0.4, -0.2) is 29.3 Å². The topological polar surface area (TPSA) is 35.5 Å². The molecule has 128 valence electrons. The molecular formula is C19H36N2O. The first-order chi connectivity index (χ1) is 10.9. The molecule has 1 rings (SSSR count). The minimum Gasteiger partial charge on any atom is -0.395 e. The summed E-state index contributed by atoms with van der Waals surface area (Å²) in [5.41, 5.74) is 0. The zero-order chi connectivity index (χ0) is 15.9. The number of unbranched alkanes of at least 4 members (excludes halogenated alkanes) is 10. The Balaban J connectivity index is 1.88. The Labute approximate surface area is 137 Å². The van der Waals surface area contributed by atoms with Crippen molar-refractivity contribution in [3.05, 3.63) is 24.6 Å². The number of aliphatic hydroxyl groups excluding tert-OH is 1. The van der Waals surface area contributed by atoms with Crippen molar-refractivity contribution in [1.82, 2.24) is 10.2 Å². The average Bonchev–Trinajstić information content (AvgIpc) is 2.96. The number of allylic oxidation sites excluding steroid dienone is 1. The maximum absolute atomic E-state index is 8.99. The van der Waals surface area contributed by atoms with Crippen LogP contribution in [0.4, 0.5) is 0 Å². The van der Waals surface area contributed by atoms with Crippen molar-refractivity contribution in [3.63, 3.8) is 0 Å². The van der Waals surface area contributed by atoms with Crippen LogP contribution >= 0.6 is 0 Å². The monoisotopic (exact) mass is 308 g/mol. The van der Waals surface area contributed by atoms with Gasteiger partial charge in [0.05, 0.1) is 6.61 Å². The molecular weight excluding hydrogens is 272 g/mol. The van der Waals surface area contributed by atoms with Gasteiger partial charge in [0.25, 0.3) is 0 Å². The van der Waals surface area contributed by atoms with Crippen LogP contribution in [0.3, 0.4) is 0 Å². The van der Waals surface area contributed by atoms with Gasteiger partial charge < -0.3 is 15.3 Å². The zero-order valence-electron chi connectivity index (χ0n) is 14.5. The number of nitrogens with one attached hydrogen (secondary N) is 1. The summed E-state index contributed by atoms with van der Waals surface area (Å²) in [4.78, 5) is 2.12. The van der Waals surface area contributed by atoms with Crippen LogP contribution < -0.4 is 5.32 Å². The molecule has 1 aliphatic rings. The van der Waals surface area contributed by atoms with Crippen molar-refractivity contribution < 1.29 is 5.11 Å². The lowest BCUT2D eigenvalue weighted by molar-refractivity contribution is 0.220. The van der Waals surface area contributed by atoms with Gasteiger partial charge in [-0.3, -0.25) is 0 Å². The van der Waals surface area contributed by atoms with E-state index in [1.54, 1.807) is 0 Å². The van der Waals surface area contributed by atoms with Crippen LogP contribution in [0, 0.1) is 0 Å². The van der Waals surface area contributed by atoms with Crippen LogP contribution in [0.15, 0.2) is 24.6 Å². The average molecular weight is 309 g/mol. The lowest BCUT2D eigenvalue weighted by Crippen LogP contribution is -2.35. The molecule has 0 aromatic heterocycles. The van der Waals surface area contributed by atoms with Gasteiger partial charge in [0.1, 0.15) is 6.17 Å². The number of rotatable bonds is 14. The standard InChI is InChI=1S/C19H36N2O/c1-2-3-4-5-6-7-8-9-10-11-12-13-14-19-20-15-16-21(19)17-18-22/h13-16,19-20,22H,2-12,17-18H2,1H3/b14-13+. The highest BCUT2D eigenvalue weighted by atomic mass is 16.3. The molecule has 0 bridgehead atoms. The maximum atomic E-state index is 8.99. The van der Waals surface area contributed by atoms with E-state index in [0.29, 0.717) is 6.54 Å². The van der Waals surface area contributed by atoms with Crippen molar-refractivity contribution in [2.24, 2.45) is 0 Å². The second-order valence-electron chi connectivity index (χ2n) is 6.29. The van der Waals surface area contributed by atoms with E-state index in [2.05, 4.69) is 29.3 Å². The summed E-state index contributed by atoms with van der Waals surface area (Å²) in [5, 5.41) is 12.3. The van der Waals surface area contributed by atoms with Gasteiger partial charge in [0.15, 0.2) is 0 Å². The van der Waals surface area contributed by atoms with Gasteiger partial charge >= 0.3 is 0 Å². The predicted molar refractivity (Wildman–Crippen MR) is 95.5 cm³/mol. The molecule has 2 N–H and O–H groups in total. The van der Waals surface area contributed by atoms with Gasteiger partial charge in [-0.05, 0) is 18.9 Å². The molecule has 0 aromatic carbocycles. The summed E-state index contributed by atoms with van der Waals surface area (Å²) in [7, 11) is 0. The quantitative estimate of drug-likeness (QED) is 0.365. The number of hydrogen-bond donors (Lipinski definition) is 2. The van der Waals surface area contributed by atoms with E-state index in [1.807, 2.05) is 12.4 Å². The first kappa shape index (κ1) is 19.1. The maximum Gasteiger partial charge on any atom is 0.118 e. The third-order valence-electron chi connectivity index (χ3n) is 4.29. The molecule has 0 fully saturated rings. The van der Waals surface area contributed by atoms with Crippen molar-refractivity contribution in [3.8, 4) is 0 Å². The van der Waals surface area contributed by atoms with Crippen LogP contribution in [-0.2, 0) is 0 Å². The van der Waals surface area contributed by atoms with E-state index < -0.39 is 0 Å². The van der Waals surface area contributed by atoms with Crippen LogP contribution in [0.5, 0.6) is 0 Å². The van der Waals surface area contributed by atoms with E-state index in [-0.39, 0.29) is 12.8 Å². The minimum absolute atomic E-state index is 0.203. The Hall–Kier alpha value is -0.960. The normalized spacial score (nSPS) is 17.5. The Morgan fingerprint density at radius 1 is 1.00 bits per heavy atom. The predicted octanol–water partition coefficient (Wildman–Crippen LogP) is 4.55. The summed E-state index contributed by atoms with van der Waals surface area (Å²) in [6.07, 6.45) is 23.8. The summed E-state index contributed by atoms with van der Waals surface area (Å²) in [6, 6.07) is 0. The van der Waals surface area contributed by atoms with E-state index in [4.69, 9.17) is 5.11 Å². The zero-order valence-corrected chi connectivity index (χ0v) is 14.5. The molecule has 1 heterocycles. The Bertz CT molecular complexity index is 302. The molecule has 22 heavy (non-hydrogen) atoms. The van der Waals surface area contributed by atoms with Crippen LogP contribution in [0.25, 0.3) is 0 Å². The number of nitrogens with zero attached hydrogens (tertiary/aromatic N) is 1. The molecule has 0 amide bonds. The SMILES string of the molecule is CCCCCCCCCCCC/C=C/C1NC=CN1CCO. The minimum atomic E-state index is 0.203. The highest BCUT2D eigenvalue weighted by Crippen LogP contribution is 2.12. The lowest BCUT2D eigenvalue weighted by atomic mass is 10.1. The molecule has 0 saturated carbocycles. The van der Waals surface area contributed by atoms with Crippen molar-refractivity contribution >= 4 is 0 Å². The molecule has 3 heteroatoms. The fraction of sp³-hybridized carbons (Fsp3) is 0.789. The highest BCUT2D eigenvalue weighted by Gasteiger charge is 2.13. The Kier molecular flexibility index (Phi) is 11.9. The lowest BCUT2D eigenvalue weighted by Gasteiger charge is -2.21. The molecule has 0 saturated heterocycles. The molecule has 1 unspecified atom stereocenters. The van der Waals surface area contributed by atoms with E-state index >= 15 is 0 Å². The number of hydrogen-bond acceptors (Lipinski definition) is 3. The van der Waals surface area contributed by atoms with Crippen molar-refractivity contribution in [2.45, 2.75) is 83.7 Å². The second kappa shape index (κ2) is 13.7. The van der Waals surface area contributed by atoms with Gasteiger partial charge in [0, 0.05) is 18.9 Å². The summed E-state index contributed by atoms with van der Waals surface area (Å²) < 4.78 is 0. The van der Waals surface area contributed by atoms with E-state index in [9.17, 15) is 0 Å².